The van der Waals surface area contributed by atoms with E-state index in [0.717, 1.165) is 0 Å². The predicted molar refractivity (Wildman–Crippen MR) is 9.47 cm³/mol. The van der Waals surface area contributed by atoms with E-state index in [1.807, 2.05) is 0 Å². The minimum absolute atomic E-state index is 0. The predicted octanol–water partition coefficient (Wildman–Crippen LogP) is -0.140. The van der Waals surface area contributed by atoms with Crippen molar-refractivity contribution in [2.75, 3.05) is 0 Å². The van der Waals surface area contributed by atoms with Gasteiger partial charge in [-0.15, -0.1) is 0 Å². The number of hydrogen-bond acceptors (Lipinski definition) is 0. The molecule has 0 aromatic rings. The van der Waals surface area contributed by atoms with Gasteiger partial charge in [-0.05, 0) is 0 Å². The number of hydrogen-bond donors (Lipinski definition) is 0. The van der Waals surface area contributed by atoms with Gasteiger partial charge in [0.15, 0.2) is 0 Å². The van der Waals surface area contributed by atoms with E-state index in [2.05, 4.69) is 9.30 Å². The van der Waals surface area contributed by atoms with Gasteiger partial charge in [-0.1, -0.05) is 0 Å². The second-order valence-electron chi connectivity index (χ2n) is 0. The summed E-state index contributed by atoms with van der Waals surface area (Å²) in [5, 5.41) is 0. The molecule has 0 heterocycles. The molecule has 0 spiro atoms. The van der Waals surface area contributed by atoms with Crippen LogP contribution >= 0.6 is 9.30 Å². The van der Waals surface area contributed by atoms with Crippen LogP contribution in [0.4, 0.5) is 0 Å². The van der Waals surface area contributed by atoms with Crippen molar-refractivity contribution < 1.29 is 46.6 Å². The molecule has 0 amide bonds. The maximum absolute atomic E-state index is 4.64. The molecule has 4 heavy (non-hydrogen) atoms. The van der Waals surface area contributed by atoms with Crippen molar-refractivity contribution in [2.24, 2.45) is 0 Å². The largest absolute Gasteiger partial charge is 0 e. The summed E-state index contributed by atoms with van der Waals surface area (Å²) < 4.78 is 0. The number of halogens is 1. The zero-order valence-electron chi connectivity index (χ0n) is 1.88. The molecule has 23 valence electrons. The Morgan fingerprint density at radius 3 is 1.25 bits per heavy atom. The zero-order chi connectivity index (χ0) is 2.00. The van der Waals surface area contributed by atoms with Gasteiger partial charge in [0.05, 0.1) is 0 Å². The molecule has 0 aromatic heterocycles. The first-order chi connectivity index (χ1) is 1.00. The molecule has 0 atom stereocenters. The molecule has 0 bridgehead atoms. The Labute approximate surface area is 55.6 Å². The first kappa shape index (κ1) is 17.3. The topological polar surface area (TPSA) is 31.5 Å². The van der Waals surface area contributed by atoms with Gasteiger partial charge in [0.1, 0.15) is 0 Å². The summed E-state index contributed by atoms with van der Waals surface area (Å²) in [7, 11) is 4.64. The summed E-state index contributed by atoms with van der Waals surface area (Å²) in [6.07, 6.45) is 0. The van der Waals surface area contributed by atoms with E-state index in [1.165, 1.54) is 19.4 Å². The van der Waals surface area contributed by atoms with Crippen LogP contribution in [0, 0.1) is 0 Å². The van der Waals surface area contributed by atoms with Gasteiger partial charge in [0, 0.05) is 21.7 Å². The molecule has 1 nitrogen and oxygen atoms in total. The van der Waals surface area contributed by atoms with E-state index in [1.54, 1.807) is 0 Å². The minimum atomic E-state index is 0. The molecule has 0 aliphatic heterocycles. The van der Waals surface area contributed by atoms with Gasteiger partial charge in [-0.25, -0.2) is 0 Å². The van der Waals surface area contributed by atoms with Crippen molar-refractivity contribution in [3.05, 3.63) is 0 Å². The minimum Gasteiger partial charge on any atom is 0 e. The quantitative estimate of drug-likeness (QED) is 0.429. The summed E-state index contributed by atoms with van der Waals surface area (Å²) in [6, 6.07) is 0. The fourth-order valence-corrected chi connectivity index (χ4v) is 0. The monoisotopic (exact) mass is 149 g/mol. The molecule has 2 N–H and O–H groups in total. The van der Waals surface area contributed by atoms with Crippen molar-refractivity contribution in [2.45, 2.75) is 0 Å². The Morgan fingerprint density at radius 2 is 1.25 bits per heavy atom. The SMILES string of the molecule is O.[Cl][Ti].[Ti]. The van der Waals surface area contributed by atoms with Crippen LogP contribution in [0.2, 0.25) is 0 Å². The molecule has 0 aliphatic rings. The number of rotatable bonds is 0. The van der Waals surface area contributed by atoms with Crippen LogP contribution < -0.4 is 0 Å². The molecule has 0 fully saturated rings. The van der Waals surface area contributed by atoms with Crippen LogP contribution in [0.25, 0.3) is 0 Å². The van der Waals surface area contributed by atoms with Crippen LogP contribution in [-0.4, -0.2) is 5.48 Å². The Bertz CT molecular complexity index is 6.00. The summed E-state index contributed by atoms with van der Waals surface area (Å²) in [4.78, 5) is 0. The molecule has 0 unspecified atom stereocenters. The van der Waals surface area contributed by atoms with Crippen LogP contribution in [0.15, 0.2) is 0 Å². The van der Waals surface area contributed by atoms with E-state index in [-0.39, 0.29) is 27.2 Å². The van der Waals surface area contributed by atoms with Crippen molar-refractivity contribution in [3.8, 4) is 0 Å². The summed E-state index contributed by atoms with van der Waals surface area (Å²) >= 11 is 1.47. The van der Waals surface area contributed by atoms with Crippen molar-refractivity contribution >= 4 is 9.30 Å². The molecule has 0 radical (unpaired) electrons. The van der Waals surface area contributed by atoms with Crippen molar-refractivity contribution in [1.29, 1.82) is 0 Å². The zero-order valence-corrected chi connectivity index (χ0v) is 5.76. The normalized spacial score (nSPS) is 1.00. The summed E-state index contributed by atoms with van der Waals surface area (Å²) in [5.74, 6) is 0. The second kappa shape index (κ2) is 22.5. The third-order valence-electron chi connectivity index (χ3n) is 0. The third kappa shape index (κ3) is 9.37. The van der Waals surface area contributed by atoms with Gasteiger partial charge >= 0.3 is 28.7 Å². The molecule has 0 saturated heterocycles. The Hall–Kier alpha value is 1.68. The molecular formula is H2ClOTi2. The molecule has 4 heteroatoms. The smallest absolute Gasteiger partial charge is 0 e. The first-order valence-corrected chi connectivity index (χ1v) is 2.34. The van der Waals surface area contributed by atoms with E-state index < -0.39 is 0 Å². The standard InChI is InChI=1S/ClH.H2O.2Ti/h1H;1H2;;/q;;;+1/p-1. The van der Waals surface area contributed by atoms with E-state index >= 15 is 0 Å². The van der Waals surface area contributed by atoms with Crippen molar-refractivity contribution in [3.63, 3.8) is 0 Å². The average Bonchev–Trinajstić information content (AvgIpc) is 1.00. The fourth-order valence-electron chi connectivity index (χ4n) is 0. The molecule has 0 aliphatic carbocycles. The van der Waals surface area contributed by atoms with Gasteiger partial charge in [-0.2, -0.15) is 0 Å². The molecule has 0 aromatic carbocycles. The van der Waals surface area contributed by atoms with Gasteiger partial charge in [0.2, 0.25) is 0 Å². The first-order valence-electron chi connectivity index (χ1n) is 0.189. The maximum atomic E-state index is 4.64. The molecule has 0 saturated carbocycles. The van der Waals surface area contributed by atoms with Crippen LogP contribution in [-0.2, 0) is 41.1 Å². The van der Waals surface area contributed by atoms with Crippen LogP contribution in [0.3, 0.4) is 0 Å². The summed E-state index contributed by atoms with van der Waals surface area (Å²) in [6.45, 7) is 0. The Morgan fingerprint density at radius 1 is 1.25 bits per heavy atom. The van der Waals surface area contributed by atoms with E-state index in [9.17, 15) is 0 Å². The Kier molecular flexibility index (Phi) is 97.3. The van der Waals surface area contributed by atoms with Gasteiger partial charge in [-0.3, -0.25) is 0 Å². The Balaban J connectivity index is -0.00000000500. The van der Waals surface area contributed by atoms with Crippen LogP contribution in [0.5, 0.6) is 0 Å². The third-order valence-corrected chi connectivity index (χ3v) is 0. The van der Waals surface area contributed by atoms with Gasteiger partial charge < -0.3 is 5.48 Å². The maximum Gasteiger partial charge on any atom is 0 e. The molecular weight excluding hydrogens is 147 g/mol. The summed E-state index contributed by atoms with van der Waals surface area (Å²) in [5.41, 5.74) is 0. The fraction of sp³-hybridized carbons (Fsp3) is 0. The molecule has 0 rings (SSSR count). The average molecular weight is 149 g/mol. The van der Waals surface area contributed by atoms with Crippen molar-refractivity contribution in [1.82, 2.24) is 0 Å². The van der Waals surface area contributed by atoms with Gasteiger partial charge in [0.25, 0.3) is 0 Å². The van der Waals surface area contributed by atoms with E-state index in [0.29, 0.717) is 0 Å². The second-order valence-corrected chi connectivity index (χ2v) is 0. The van der Waals surface area contributed by atoms with Crippen LogP contribution in [0.1, 0.15) is 0 Å². The van der Waals surface area contributed by atoms with E-state index in [4.69, 9.17) is 0 Å².